The summed E-state index contributed by atoms with van der Waals surface area (Å²) in [5.74, 6) is 0.413. The van der Waals surface area contributed by atoms with Gasteiger partial charge in [0.1, 0.15) is 18.5 Å². The lowest BCUT2D eigenvalue weighted by Gasteiger charge is -2.15. The lowest BCUT2D eigenvalue weighted by atomic mass is 10.1. The van der Waals surface area contributed by atoms with Gasteiger partial charge in [0.25, 0.3) is 0 Å². The van der Waals surface area contributed by atoms with E-state index in [9.17, 15) is 18.3 Å². The molecule has 0 saturated heterocycles. The average molecular weight is 250 g/mol. The third-order valence-electron chi connectivity index (χ3n) is 2.04. The summed E-state index contributed by atoms with van der Waals surface area (Å²) in [6.07, 6.45) is -5.53. The molecular weight excluding hydrogens is 237 g/mol. The van der Waals surface area contributed by atoms with Crippen molar-refractivity contribution < 1.29 is 27.8 Å². The van der Waals surface area contributed by atoms with E-state index < -0.39 is 25.5 Å². The molecule has 0 amide bonds. The van der Waals surface area contributed by atoms with Crippen molar-refractivity contribution in [3.05, 3.63) is 29.8 Å². The topological polar surface area (TPSA) is 38.7 Å². The van der Waals surface area contributed by atoms with Crippen molar-refractivity contribution >= 4 is 0 Å². The minimum atomic E-state index is -4.39. The van der Waals surface area contributed by atoms with Gasteiger partial charge >= 0.3 is 6.18 Å². The molecule has 1 aromatic carbocycles. The molecule has 0 saturated carbocycles. The van der Waals surface area contributed by atoms with Crippen molar-refractivity contribution in [2.45, 2.75) is 12.3 Å². The summed E-state index contributed by atoms with van der Waals surface area (Å²) in [6.45, 7) is -1.81. The van der Waals surface area contributed by atoms with Crippen LogP contribution >= 0.6 is 0 Å². The first-order chi connectivity index (χ1) is 7.94. The molecule has 1 atom stereocenters. The third-order valence-corrected chi connectivity index (χ3v) is 2.04. The second-order valence-corrected chi connectivity index (χ2v) is 3.39. The SMILES string of the molecule is COc1ccccc1[C@H](O)COCC(F)(F)F. The number of benzene rings is 1. The van der Waals surface area contributed by atoms with Crippen LogP contribution in [0.25, 0.3) is 0 Å². The van der Waals surface area contributed by atoms with Gasteiger partial charge < -0.3 is 14.6 Å². The van der Waals surface area contributed by atoms with Crippen molar-refractivity contribution in [3.8, 4) is 5.75 Å². The third kappa shape index (κ3) is 4.62. The number of halogens is 3. The van der Waals surface area contributed by atoms with Gasteiger partial charge in [0.15, 0.2) is 0 Å². The second kappa shape index (κ2) is 5.88. The van der Waals surface area contributed by atoms with E-state index in [1.165, 1.54) is 7.11 Å². The van der Waals surface area contributed by atoms with E-state index in [1.54, 1.807) is 24.3 Å². The van der Waals surface area contributed by atoms with E-state index >= 15 is 0 Å². The van der Waals surface area contributed by atoms with Crippen LogP contribution in [0.15, 0.2) is 24.3 Å². The standard InChI is InChI=1S/C11H13F3O3/c1-16-10-5-3-2-4-8(10)9(15)6-17-7-11(12,13)14/h2-5,9,15H,6-7H2,1H3/t9-/m1/s1. The zero-order valence-corrected chi connectivity index (χ0v) is 9.20. The Labute approximate surface area is 96.8 Å². The average Bonchev–Trinajstić information content (AvgIpc) is 2.27. The van der Waals surface area contributed by atoms with E-state index in [0.29, 0.717) is 11.3 Å². The Hall–Kier alpha value is -1.27. The van der Waals surface area contributed by atoms with E-state index in [1.807, 2.05) is 0 Å². The molecule has 96 valence electrons. The number of para-hydroxylation sites is 1. The highest BCUT2D eigenvalue weighted by atomic mass is 19.4. The van der Waals surface area contributed by atoms with Gasteiger partial charge in [0, 0.05) is 5.56 Å². The van der Waals surface area contributed by atoms with Gasteiger partial charge in [-0.25, -0.2) is 0 Å². The van der Waals surface area contributed by atoms with Gasteiger partial charge in [-0.1, -0.05) is 18.2 Å². The van der Waals surface area contributed by atoms with Crippen LogP contribution in [-0.4, -0.2) is 31.6 Å². The molecule has 0 bridgehead atoms. The lowest BCUT2D eigenvalue weighted by Crippen LogP contribution is -2.19. The van der Waals surface area contributed by atoms with Gasteiger partial charge in [-0.15, -0.1) is 0 Å². The number of aliphatic hydroxyl groups excluding tert-OH is 1. The molecule has 0 aliphatic rings. The Balaban J connectivity index is 2.55. The second-order valence-electron chi connectivity index (χ2n) is 3.39. The molecule has 17 heavy (non-hydrogen) atoms. The first-order valence-electron chi connectivity index (χ1n) is 4.89. The largest absolute Gasteiger partial charge is 0.496 e. The van der Waals surface area contributed by atoms with Gasteiger partial charge in [0.2, 0.25) is 0 Å². The molecule has 0 radical (unpaired) electrons. The van der Waals surface area contributed by atoms with Gasteiger partial charge in [-0.3, -0.25) is 0 Å². The maximum Gasteiger partial charge on any atom is 0.411 e. The molecule has 0 spiro atoms. The van der Waals surface area contributed by atoms with E-state index in [-0.39, 0.29) is 0 Å². The van der Waals surface area contributed by atoms with E-state index in [0.717, 1.165) is 0 Å². The van der Waals surface area contributed by atoms with Crippen LogP contribution in [0.5, 0.6) is 5.75 Å². The van der Waals surface area contributed by atoms with E-state index in [4.69, 9.17) is 4.74 Å². The number of hydrogen-bond acceptors (Lipinski definition) is 3. The molecule has 0 fully saturated rings. The highest BCUT2D eigenvalue weighted by Crippen LogP contribution is 2.25. The summed E-state index contributed by atoms with van der Waals surface area (Å²) in [4.78, 5) is 0. The van der Waals surface area contributed by atoms with Crippen molar-refractivity contribution in [1.82, 2.24) is 0 Å². The van der Waals surface area contributed by atoms with Crippen LogP contribution in [0.1, 0.15) is 11.7 Å². The van der Waals surface area contributed by atoms with Gasteiger partial charge in [-0.2, -0.15) is 13.2 Å². The Kier molecular flexibility index (Phi) is 4.77. The highest BCUT2D eigenvalue weighted by molar-refractivity contribution is 5.34. The van der Waals surface area contributed by atoms with Crippen LogP contribution in [0.3, 0.4) is 0 Å². The molecule has 6 heteroatoms. The van der Waals surface area contributed by atoms with Crippen LogP contribution in [-0.2, 0) is 4.74 Å². The zero-order chi connectivity index (χ0) is 12.9. The minimum absolute atomic E-state index is 0.400. The quantitative estimate of drug-likeness (QED) is 0.871. The molecule has 0 aliphatic carbocycles. The fourth-order valence-corrected chi connectivity index (χ4v) is 1.32. The highest BCUT2D eigenvalue weighted by Gasteiger charge is 2.28. The fourth-order valence-electron chi connectivity index (χ4n) is 1.32. The number of ether oxygens (including phenoxy) is 2. The molecule has 3 nitrogen and oxygen atoms in total. The number of rotatable bonds is 5. The van der Waals surface area contributed by atoms with E-state index in [2.05, 4.69) is 4.74 Å². The Morgan fingerprint density at radius 1 is 1.29 bits per heavy atom. The van der Waals surface area contributed by atoms with Crippen molar-refractivity contribution in [3.63, 3.8) is 0 Å². The maximum absolute atomic E-state index is 11.8. The Morgan fingerprint density at radius 3 is 2.53 bits per heavy atom. The minimum Gasteiger partial charge on any atom is -0.496 e. The monoisotopic (exact) mass is 250 g/mol. The lowest BCUT2D eigenvalue weighted by molar-refractivity contribution is -0.179. The smallest absolute Gasteiger partial charge is 0.411 e. The number of methoxy groups -OCH3 is 1. The molecule has 1 rings (SSSR count). The summed E-state index contributed by atoms with van der Waals surface area (Å²) in [5.41, 5.74) is 0.400. The van der Waals surface area contributed by atoms with Crippen LogP contribution in [0.4, 0.5) is 13.2 Å². The summed E-state index contributed by atoms with van der Waals surface area (Å²) in [7, 11) is 1.42. The number of hydrogen-bond donors (Lipinski definition) is 1. The summed E-state index contributed by atoms with van der Waals surface area (Å²) in [6, 6.07) is 6.54. The molecule has 0 aromatic heterocycles. The molecule has 0 heterocycles. The molecular formula is C11H13F3O3. The summed E-state index contributed by atoms with van der Waals surface area (Å²) >= 11 is 0. The first kappa shape index (κ1) is 13.8. The van der Waals surface area contributed by atoms with Crippen LogP contribution in [0, 0.1) is 0 Å². The number of aliphatic hydroxyl groups is 1. The predicted octanol–water partition coefficient (Wildman–Crippen LogP) is 2.31. The predicted molar refractivity (Wildman–Crippen MR) is 54.8 cm³/mol. The van der Waals surface area contributed by atoms with Gasteiger partial charge in [-0.05, 0) is 6.07 Å². The Bertz CT molecular complexity index is 352. The fraction of sp³-hybridized carbons (Fsp3) is 0.455. The van der Waals surface area contributed by atoms with Crippen LogP contribution in [0.2, 0.25) is 0 Å². The molecule has 1 N–H and O–H groups in total. The Morgan fingerprint density at radius 2 is 1.94 bits per heavy atom. The number of alkyl halides is 3. The maximum atomic E-state index is 11.8. The van der Waals surface area contributed by atoms with Crippen molar-refractivity contribution in [2.75, 3.05) is 20.3 Å². The molecule has 1 aromatic rings. The molecule has 0 aliphatic heterocycles. The zero-order valence-electron chi connectivity index (χ0n) is 9.20. The summed E-state index contributed by atoms with van der Waals surface area (Å²) < 4.78 is 44.8. The van der Waals surface area contributed by atoms with Gasteiger partial charge in [0.05, 0.1) is 13.7 Å². The first-order valence-corrected chi connectivity index (χ1v) is 4.89. The van der Waals surface area contributed by atoms with Crippen LogP contribution < -0.4 is 4.74 Å². The normalized spacial score (nSPS) is 13.5. The van der Waals surface area contributed by atoms with Crippen molar-refractivity contribution in [2.24, 2.45) is 0 Å². The molecule has 0 unspecified atom stereocenters. The van der Waals surface area contributed by atoms with Crippen molar-refractivity contribution in [1.29, 1.82) is 0 Å². The summed E-state index contributed by atoms with van der Waals surface area (Å²) in [5, 5.41) is 9.66.